The van der Waals surface area contributed by atoms with Crippen molar-refractivity contribution < 1.29 is 104 Å². The number of carboxylic acids is 2. The first-order chi connectivity index (χ1) is 56.5. The number of aryl methyl sites for hydroxylation is 5. The van der Waals surface area contributed by atoms with E-state index >= 15 is 0 Å². The number of hydrogen-bond acceptors (Lipinski definition) is 25. The summed E-state index contributed by atoms with van der Waals surface area (Å²) in [6.07, 6.45) is 11.3. The average molecular weight is 1620 g/mol. The molecule has 118 heavy (non-hydrogen) atoms. The highest BCUT2D eigenvalue weighted by Crippen LogP contribution is 2.42. The standard InChI is InChI=1S/C41H40N6O8.C21H24N2O6.C19H17N5O3.C2HF3O2/c1-23-35(24(2)55-46-23)25-10-12-26(13-11-25)38-30(47-20-19-42-21-32(47)44-38)15-17-33(49)43-18-5-3-4-7-27(48)22-54-31-9-6-8-28-36(31)40(52)37(39(28)51)29-14-16-34(50)45-41(29)53;22-10-3-1-2-5-12(24)11-29-15-7-4-6-13-17(15)20(27)18(19(13)26)14-8-9-16(25)23-21(14)28;1-11-17(12(2)27-23-11)13-3-5-14(6-4-13)18-19(21-10-16(25)26)24-8-7-20-9-15(24)22-18;3-2(4,5)1(6)7/h6,8-13,19-21,29,37H,3-5,7,14-18,22H2,1-2H3,(H,43,49)(H,45,50,53);4,6-7,14,18H,1-3,5,8-11,22H2,(H,23,25,28);3-9,21H,10H2,1-2H3,(H,25,26);(H,6,7). The molecule has 6 aromatic heterocycles. The minimum Gasteiger partial charge on any atom is -0.485 e. The molecule has 35 heteroatoms. The van der Waals surface area contributed by atoms with Crippen LogP contribution in [0.15, 0.2) is 131 Å². The number of aliphatic carboxylic acids is 2. The lowest BCUT2D eigenvalue weighted by atomic mass is 9.82. The third kappa shape index (κ3) is 20.0. The number of nitrogens with zero attached hydrogens (tertiary/aromatic N) is 8. The summed E-state index contributed by atoms with van der Waals surface area (Å²) in [6, 6.07) is 25.1. The van der Waals surface area contributed by atoms with Gasteiger partial charge in [0.05, 0.1) is 70.0 Å². The molecule has 4 atom stereocenters. The molecule has 5 amide bonds. The van der Waals surface area contributed by atoms with Crippen LogP contribution in [0.1, 0.15) is 154 Å². The maximum atomic E-state index is 13.3. The largest absolute Gasteiger partial charge is 0.490 e. The molecule has 8 heterocycles. The van der Waals surface area contributed by atoms with E-state index in [1.165, 1.54) is 18.2 Å². The molecule has 32 nitrogen and oxygen atoms in total. The molecule has 2 fully saturated rings. The Labute approximate surface area is 670 Å². The Morgan fingerprint density at radius 1 is 0.568 bits per heavy atom. The number of carboxylic acid groups (broad SMARTS) is 2. The number of imide groups is 2. The number of carbonyl (C=O) groups excluding carboxylic acids is 11. The highest BCUT2D eigenvalue weighted by Gasteiger charge is 2.50. The van der Waals surface area contributed by atoms with Crippen LogP contribution in [0, 0.1) is 51.4 Å². The van der Waals surface area contributed by atoms with E-state index in [4.69, 9.17) is 44.2 Å². The van der Waals surface area contributed by atoms with Gasteiger partial charge in [-0.15, -0.1) is 0 Å². The summed E-state index contributed by atoms with van der Waals surface area (Å²) >= 11 is 0. The number of imidazole rings is 2. The van der Waals surface area contributed by atoms with Gasteiger partial charge in [-0.2, -0.15) is 13.2 Å². The monoisotopic (exact) mass is 1620 g/mol. The molecule has 614 valence electrons. The van der Waals surface area contributed by atoms with Gasteiger partial charge in [0.25, 0.3) is 0 Å². The van der Waals surface area contributed by atoms with Crippen LogP contribution in [0.5, 0.6) is 11.5 Å². The van der Waals surface area contributed by atoms with Gasteiger partial charge in [0.2, 0.25) is 29.5 Å². The summed E-state index contributed by atoms with van der Waals surface area (Å²) < 4.78 is 57.3. The number of amides is 5. The second kappa shape index (κ2) is 38.2. The lowest BCUT2D eigenvalue weighted by molar-refractivity contribution is -0.192. The summed E-state index contributed by atoms with van der Waals surface area (Å²) in [5.41, 5.74) is 17.0. The van der Waals surface area contributed by atoms with E-state index in [2.05, 4.69) is 46.5 Å². The smallest absolute Gasteiger partial charge is 0.485 e. The van der Waals surface area contributed by atoms with E-state index in [0.29, 0.717) is 68.0 Å². The van der Waals surface area contributed by atoms with E-state index in [1.54, 1.807) is 53.6 Å². The Morgan fingerprint density at radius 2 is 1.02 bits per heavy atom. The number of rotatable bonds is 29. The Bertz CT molecular complexity index is 5490. The van der Waals surface area contributed by atoms with Crippen molar-refractivity contribution in [2.75, 3.05) is 38.2 Å². The average Bonchev–Trinajstić information content (AvgIpc) is 1.60. The van der Waals surface area contributed by atoms with Crippen LogP contribution in [-0.2, 0) is 49.6 Å². The van der Waals surface area contributed by atoms with E-state index in [-0.39, 0.29) is 110 Å². The quantitative estimate of drug-likeness (QED) is 0.0130. The lowest BCUT2D eigenvalue weighted by Crippen LogP contribution is -2.46. The van der Waals surface area contributed by atoms with Gasteiger partial charge in [0.15, 0.2) is 46.0 Å². The Balaban J connectivity index is 0.000000181. The topological polar surface area (TPSA) is 467 Å². The molecule has 14 rings (SSSR count). The number of hydrogen-bond donors (Lipinski definition) is 7. The number of nitrogens with one attached hydrogen (secondary N) is 4. The summed E-state index contributed by atoms with van der Waals surface area (Å²) in [7, 11) is 0. The Kier molecular flexibility index (Phi) is 27.6. The van der Waals surface area contributed by atoms with Crippen LogP contribution in [0.25, 0.3) is 56.1 Å². The van der Waals surface area contributed by atoms with Crippen molar-refractivity contribution in [1.82, 2.24) is 55.0 Å². The van der Waals surface area contributed by atoms with E-state index in [9.17, 15) is 70.7 Å². The normalized spacial score (nSPS) is 16.2. The second-order valence-electron chi connectivity index (χ2n) is 28.2. The van der Waals surface area contributed by atoms with Gasteiger partial charge in [-0.1, -0.05) is 96.0 Å². The SMILES string of the molecule is Cc1noc(C)c1-c1ccc(-c2nc3cnccn3c2CCC(=O)NCCCCCC(=O)COc2cccc3c2C(=O)C(C2CCC(=O)NC2=O)C3=O)cc1.Cc1noc(C)c1-c1ccc(-c2nc3cnccn3c2NCC(=O)O)cc1.NCCCCCC(=O)COc1cccc2c1C(=O)C(C1CCC(=O)NC1=O)C2=O.O=C(O)C(F)(F)F. The van der Waals surface area contributed by atoms with Gasteiger partial charge < -0.3 is 49.5 Å². The van der Waals surface area contributed by atoms with Crippen molar-refractivity contribution in [3.05, 3.63) is 173 Å². The number of carbonyl (C=O) groups is 13. The van der Waals surface area contributed by atoms with Gasteiger partial charge >= 0.3 is 18.1 Å². The van der Waals surface area contributed by atoms with Crippen molar-refractivity contribution in [2.45, 2.75) is 124 Å². The summed E-state index contributed by atoms with van der Waals surface area (Å²) in [5, 5.41) is 34.5. The fraction of sp³-hybridized carbons (Fsp3) is 0.337. The number of nitrogens with two attached hydrogens (primary N) is 1. The van der Waals surface area contributed by atoms with Crippen molar-refractivity contribution in [3.63, 3.8) is 0 Å². The second-order valence-corrected chi connectivity index (χ2v) is 28.2. The van der Waals surface area contributed by atoms with E-state index < -0.39 is 88.5 Å². The highest BCUT2D eigenvalue weighted by atomic mass is 19.4. The first-order valence-electron chi connectivity index (χ1n) is 37.8. The van der Waals surface area contributed by atoms with Crippen LogP contribution in [0.4, 0.5) is 19.0 Å². The molecule has 2 saturated heterocycles. The summed E-state index contributed by atoms with van der Waals surface area (Å²) in [5.74, 6) is -9.82. The molecule has 8 N–H and O–H groups in total. The lowest BCUT2D eigenvalue weighted by Gasteiger charge is -2.24. The zero-order chi connectivity index (χ0) is 84.6. The molecule has 4 aromatic carbocycles. The van der Waals surface area contributed by atoms with Gasteiger partial charge in [0, 0.05) is 96.8 Å². The first kappa shape index (κ1) is 85.3. The fourth-order valence-corrected chi connectivity index (χ4v) is 14.4. The molecular formula is C83H82F3N13O19. The molecule has 0 saturated carbocycles. The molecule has 0 spiro atoms. The summed E-state index contributed by atoms with van der Waals surface area (Å²) in [6.45, 7) is 7.97. The number of piperidine rings is 2. The highest BCUT2D eigenvalue weighted by molar-refractivity contribution is 6.30. The van der Waals surface area contributed by atoms with Gasteiger partial charge in [-0.05, 0) is 102 Å². The number of aromatic nitrogens is 8. The van der Waals surface area contributed by atoms with Crippen molar-refractivity contribution in [1.29, 1.82) is 0 Å². The third-order valence-corrected chi connectivity index (χ3v) is 20.1. The predicted molar refractivity (Wildman–Crippen MR) is 414 cm³/mol. The number of ether oxygens (including phenoxy) is 2. The van der Waals surface area contributed by atoms with Crippen LogP contribution in [0.3, 0.4) is 0 Å². The minimum atomic E-state index is -5.08. The van der Waals surface area contributed by atoms with Crippen molar-refractivity contribution >= 4 is 93.3 Å². The number of alkyl halides is 3. The zero-order valence-electron chi connectivity index (χ0n) is 64.4. The Morgan fingerprint density at radius 3 is 1.47 bits per heavy atom. The van der Waals surface area contributed by atoms with Gasteiger partial charge in [-0.25, -0.2) is 14.8 Å². The molecule has 0 radical (unpaired) electrons. The number of halogens is 3. The number of ketones is 6. The molecule has 0 bridgehead atoms. The van der Waals surface area contributed by atoms with E-state index in [1.807, 2.05) is 86.8 Å². The molecular weight excluding hydrogens is 1540 g/mol. The molecule has 4 unspecified atom stereocenters. The Hall–Kier alpha value is -13.6. The maximum Gasteiger partial charge on any atom is 0.490 e. The number of fused-ring (bicyclic) bond motifs is 4. The van der Waals surface area contributed by atoms with Crippen molar-refractivity contribution in [3.8, 4) is 56.3 Å². The predicted octanol–water partition coefficient (Wildman–Crippen LogP) is 9.97. The molecule has 4 aliphatic rings. The first-order valence-corrected chi connectivity index (χ1v) is 37.8. The number of unbranched alkanes of at least 4 members (excludes halogenated alkanes) is 4. The van der Waals surface area contributed by atoms with Crippen molar-refractivity contribution in [2.24, 2.45) is 29.4 Å². The van der Waals surface area contributed by atoms with Crippen LogP contribution >= 0.6 is 0 Å². The van der Waals surface area contributed by atoms with E-state index in [0.717, 1.165) is 86.9 Å². The molecule has 2 aliphatic carbocycles. The van der Waals surface area contributed by atoms with Crippen LogP contribution in [0.2, 0.25) is 0 Å². The number of Topliss-reactive ketones (excluding diaryl/α,β-unsaturated/α-hetero) is 6. The zero-order valence-corrected chi connectivity index (χ0v) is 64.4. The van der Waals surface area contributed by atoms with Gasteiger partial charge in [-0.3, -0.25) is 82.5 Å². The van der Waals surface area contributed by atoms with Crippen LogP contribution in [-0.4, -0.2) is 164 Å². The summed E-state index contributed by atoms with van der Waals surface area (Å²) in [4.78, 5) is 175. The molecule has 2 aliphatic heterocycles. The third-order valence-electron chi connectivity index (χ3n) is 20.1. The van der Waals surface area contributed by atoms with Crippen LogP contribution < -0.4 is 36.5 Å². The fourth-order valence-electron chi connectivity index (χ4n) is 14.4. The minimum absolute atomic E-state index is 0.0558. The van der Waals surface area contributed by atoms with Gasteiger partial charge in [0.1, 0.15) is 54.3 Å². The number of anilines is 1. The maximum absolute atomic E-state index is 13.3. The molecule has 10 aromatic rings. The number of benzene rings is 4.